The number of benzene rings is 2. The predicted molar refractivity (Wildman–Crippen MR) is 87.1 cm³/mol. The van der Waals surface area contributed by atoms with Gasteiger partial charge in [-0.1, -0.05) is 66.1 Å². The smallest absolute Gasteiger partial charge is 0.00255 e. The van der Waals surface area contributed by atoms with Crippen molar-refractivity contribution in [3.05, 3.63) is 75.4 Å². The minimum atomic E-state index is 1.04. The quantitative estimate of drug-likeness (QED) is 0.709. The van der Waals surface area contributed by atoms with Crippen LogP contribution in [0.15, 0.2) is 42.0 Å². The average Bonchev–Trinajstić information content (AvgIpc) is 2.79. The summed E-state index contributed by atoms with van der Waals surface area (Å²) in [6.07, 6.45) is 5.71. The lowest BCUT2D eigenvalue weighted by Crippen LogP contribution is -1.93. The molecule has 0 fully saturated rings. The van der Waals surface area contributed by atoms with Crippen LogP contribution in [0.1, 0.15) is 46.7 Å². The van der Waals surface area contributed by atoms with E-state index in [0.717, 1.165) is 12.8 Å². The Balaban J connectivity index is 1.84. The van der Waals surface area contributed by atoms with Gasteiger partial charge in [-0.05, 0) is 55.4 Å². The highest BCUT2D eigenvalue weighted by atomic mass is 14.2. The summed E-state index contributed by atoms with van der Waals surface area (Å²) in [5.41, 5.74) is 10.1. The molecule has 1 aliphatic rings. The fourth-order valence-corrected chi connectivity index (χ4v) is 3.21. The van der Waals surface area contributed by atoms with Crippen LogP contribution in [-0.2, 0) is 12.8 Å². The zero-order valence-electron chi connectivity index (χ0n) is 12.7. The van der Waals surface area contributed by atoms with Crippen molar-refractivity contribution in [1.82, 2.24) is 0 Å². The van der Waals surface area contributed by atoms with Gasteiger partial charge in [-0.2, -0.15) is 0 Å². The minimum absolute atomic E-state index is 1.04. The molecule has 0 heteroatoms. The Morgan fingerprint density at radius 3 is 2.35 bits per heavy atom. The topological polar surface area (TPSA) is 0 Å². The fraction of sp³-hybridized carbons (Fsp3) is 0.300. The van der Waals surface area contributed by atoms with Crippen LogP contribution in [0.25, 0.3) is 6.08 Å². The zero-order chi connectivity index (χ0) is 14.1. The van der Waals surface area contributed by atoms with Crippen molar-refractivity contribution in [1.29, 1.82) is 0 Å². The maximum absolute atomic E-state index is 2.40. The van der Waals surface area contributed by atoms with Gasteiger partial charge in [0.2, 0.25) is 0 Å². The standard InChI is InChI=1S/C20H22/c1-4-16-11-19-6-5-17(13-20(19)12-16)10-18-8-14(2)7-15(3)9-18/h5-9,11,13H,4,10,12H2,1-3H3. The molecule has 0 spiro atoms. The Labute approximate surface area is 122 Å². The van der Waals surface area contributed by atoms with E-state index in [4.69, 9.17) is 0 Å². The molecule has 3 rings (SSSR count). The number of hydrogen-bond acceptors (Lipinski definition) is 0. The SMILES string of the molecule is CCC1=Cc2ccc(Cc3cc(C)cc(C)c3)cc2C1. The lowest BCUT2D eigenvalue weighted by atomic mass is 9.98. The van der Waals surface area contributed by atoms with Crippen LogP contribution in [0.5, 0.6) is 0 Å². The molecule has 0 radical (unpaired) electrons. The molecule has 0 bridgehead atoms. The number of rotatable bonds is 3. The summed E-state index contributed by atoms with van der Waals surface area (Å²) in [5.74, 6) is 0. The van der Waals surface area contributed by atoms with Crippen molar-refractivity contribution in [2.45, 2.75) is 40.0 Å². The van der Waals surface area contributed by atoms with E-state index < -0.39 is 0 Å². The molecule has 0 unspecified atom stereocenters. The van der Waals surface area contributed by atoms with Crippen LogP contribution >= 0.6 is 0 Å². The van der Waals surface area contributed by atoms with Gasteiger partial charge in [-0.15, -0.1) is 0 Å². The molecule has 0 N–H and O–H groups in total. The largest absolute Gasteiger partial charge is 0.0655 e. The Morgan fingerprint density at radius 1 is 0.900 bits per heavy atom. The van der Waals surface area contributed by atoms with Gasteiger partial charge in [-0.3, -0.25) is 0 Å². The van der Waals surface area contributed by atoms with Crippen molar-refractivity contribution in [2.75, 3.05) is 0 Å². The van der Waals surface area contributed by atoms with Crippen molar-refractivity contribution in [3.8, 4) is 0 Å². The van der Waals surface area contributed by atoms with Gasteiger partial charge in [-0.25, -0.2) is 0 Å². The molecule has 1 aliphatic carbocycles. The Bertz CT molecular complexity index is 654. The molecule has 2 aromatic rings. The van der Waals surface area contributed by atoms with Gasteiger partial charge in [0.1, 0.15) is 0 Å². The molecular formula is C20H22. The zero-order valence-corrected chi connectivity index (χ0v) is 12.7. The molecule has 0 aliphatic heterocycles. The first-order valence-corrected chi connectivity index (χ1v) is 7.52. The second kappa shape index (κ2) is 5.28. The van der Waals surface area contributed by atoms with E-state index in [1.165, 1.54) is 39.8 Å². The molecule has 0 atom stereocenters. The number of allylic oxidation sites excluding steroid dienone is 1. The molecule has 102 valence electrons. The summed E-state index contributed by atoms with van der Waals surface area (Å²) >= 11 is 0. The maximum Gasteiger partial charge on any atom is -0.00255 e. The third kappa shape index (κ3) is 2.70. The van der Waals surface area contributed by atoms with Crippen LogP contribution in [0, 0.1) is 13.8 Å². The third-order valence-electron chi connectivity index (χ3n) is 4.13. The van der Waals surface area contributed by atoms with Gasteiger partial charge in [0.25, 0.3) is 0 Å². The highest BCUT2D eigenvalue weighted by molar-refractivity contribution is 5.64. The van der Waals surface area contributed by atoms with Gasteiger partial charge < -0.3 is 0 Å². The van der Waals surface area contributed by atoms with E-state index in [1.54, 1.807) is 5.57 Å². The average molecular weight is 262 g/mol. The second-order valence-electron chi connectivity index (χ2n) is 6.04. The van der Waals surface area contributed by atoms with Crippen molar-refractivity contribution >= 4 is 6.08 Å². The fourth-order valence-electron chi connectivity index (χ4n) is 3.21. The lowest BCUT2D eigenvalue weighted by Gasteiger charge is -2.07. The summed E-state index contributed by atoms with van der Waals surface area (Å²) in [7, 11) is 0. The predicted octanol–water partition coefficient (Wildman–Crippen LogP) is 5.24. The first-order valence-electron chi connectivity index (χ1n) is 7.52. The van der Waals surface area contributed by atoms with Gasteiger partial charge in [0.15, 0.2) is 0 Å². The number of hydrogen-bond donors (Lipinski definition) is 0. The maximum atomic E-state index is 2.40. The Kier molecular flexibility index (Phi) is 3.48. The van der Waals surface area contributed by atoms with Crippen LogP contribution in [0.4, 0.5) is 0 Å². The monoisotopic (exact) mass is 262 g/mol. The highest BCUT2D eigenvalue weighted by Gasteiger charge is 2.11. The summed E-state index contributed by atoms with van der Waals surface area (Å²) in [5, 5.41) is 0. The van der Waals surface area contributed by atoms with Crippen molar-refractivity contribution in [3.63, 3.8) is 0 Å². The van der Waals surface area contributed by atoms with Crippen LogP contribution in [0.3, 0.4) is 0 Å². The Hall–Kier alpha value is -1.82. The lowest BCUT2D eigenvalue weighted by molar-refractivity contribution is 1.03. The molecule has 0 saturated heterocycles. The van der Waals surface area contributed by atoms with E-state index in [1.807, 2.05) is 0 Å². The Morgan fingerprint density at radius 2 is 1.65 bits per heavy atom. The first-order chi connectivity index (χ1) is 9.64. The molecule has 2 aromatic carbocycles. The summed E-state index contributed by atoms with van der Waals surface area (Å²) in [6.45, 7) is 6.60. The summed E-state index contributed by atoms with van der Waals surface area (Å²) in [6, 6.07) is 13.8. The van der Waals surface area contributed by atoms with E-state index in [2.05, 4.69) is 63.2 Å². The van der Waals surface area contributed by atoms with Crippen LogP contribution in [-0.4, -0.2) is 0 Å². The second-order valence-corrected chi connectivity index (χ2v) is 6.04. The van der Waals surface area contributed by atoms with Crippen molar-refractivity contribution < 1.29 is 0 Å². The summed E-state index contributed by atoms with van der Waals surface area (Å²) < 4.78 is 0. The molecule has 0 heterocycles. The third-order valence-corrected chi connectivity index (χ3v) is 4.13. The van der Waals surface area contributed by atoms with Crippen LogP contribution in [0.2, 0.25) is 0 Å². The molecule has 0 amide bonds. The van der Waals surface area contributed by atoms with E-state index in [0.29, 0.717) is 0 Å². The van der Waals surface area contributed by atoms with Gasteiger partial charge in [0.05, 0.1) is 0 Å². The number of aryl methyl sites for hydroxylation is 2. The first kappa shape index (κ1) is 13.2. The molecule has 0 aromatic heterocycles. The van der Waals surface area contributed by atoms with Crippen molar-refractivity contribution in [2.24, 2.45) is 0 Å². The molecule has 0 nitrogen and oxygen atoms in total. The van der Waals surface area contributed by atoms with E-state index in [-0.39, 0.29) is 0 Å². The summed E-state index contributed by atoms with van der Waals surface area (Å²) in [4.78, 5) is 0. The van der Waals surface area contributed by atoms with Crippen LogP contribution < -0.4 is 0 Å². The number of fused-ring (bicyclic) bond motifs is 1. The molecule has 0 saturated carbocycles. The van der Waals surface area contributed by atoms with E-state index >= 15 is 0 Å². The van der Waals surface area contributed by atoms with Gasteiger partial charge >= 0.3 is 0 Å². The molecular weight excluding hydrogens is 240 g/mol. The van der Waals surface area contributed by atoms with Gasteiger partial charge in [0, 0.05) is 0 Å². The highest BCUT2D eigenvalue weighted by Crippen LogP contribution is 2.28. The normalized spacial score (nSPS) is 13.2. The van der Waals surface area contributed by atoms with E-state index in [9.17, 15) is 0 Å². The molecule has 20 heavy (non-hydrogen) atoms. The minimum Gasteiger partial charge on any atom is -0.0655 e.